The predicted molar refractivity (Wildman–Crippen MR) is 147 cm³/mol. The van der Waals surface area contributed by atoms with Gasteiger partial charge < -0.3 is 15.0 Å². The van der Waals surface area contributed by atoms with E-state index in [4.69, 9.17) is 9.72 Å². The van der Waals surface area contributed by atoms with E-state index in [9.17, 15) is 4.79 Å². The molecular weight excluding hydrogens is 446 g/mol. The summed E-state index contributed by atoms with van der Waals surface area (Å²) in [6, 6.07) is 28.7. The summed E-state index contributed by atoms with van der Waals surface area (Å²) in [6.45, 7) is 4.04. The molecule has 5 rings (SSSR count). The summed E-state index contributed by atoms with van der Waals surface area (Å²) in [5, 5.41) is 3.91. The van der Waals surface area contributed by atoms with E-state index >= 15 is 0 Å². The Morgan fingerprint density at radius 1 is 0.917 bits per heavy atom. The molecule has 0 aliphatic carbocycles. The Bertz CT molecular complexity index is 1300. The standard InChI is InChI=1S/C31H33N3O2/c1-2-23-11-14-27(15-12-23)32-30(35)22-36-28-10-6-9-26-13-16-29(33-31(26)28)34-19-17-25(18-20-34)21-24-7-4-3-5-8-24/h3-16,25H,2,17-22H2,1H3,(H,32,35). The quantitative estimate of drug-likeness (QED) is 0.323. The molecule has 1 aliphatic heterocycles. The van der Waals surface area contributed by atoms with Gasteiger partial charge in [-0.3, -0.25) is 4.79 Å². The van der Waals surface area contributed by atoms with Gasteiger partial charge in [-0.2, -0.15) is 0 Å². The molecule has 4 aromatic rings. The molecule has 1 amide bonds. The highest BCUT2D eigenvalue weighted by Gasteiger charge is 2.21. The summed E-state index contributed by atoms with van der Waals surface area (Å²) in [4.78, 5) is 19.8. The lowest BCUT2D eigenvalue weighted by atomic mass is 9.90. The Hall–Kier alpha value is -3.86. The zero-order valence-corrected chi connectivity index (χ0v) is 20.8. The van der Waals surface area contributed by atoms with Gasteiger partial charge in [0.25, 0.3) is 5.91 Å². The largest absolute Gasteiger partial charge is 0.481 e. The number of hydrogen-bond acceptors (Lipinski definition) is 4. The van der Waals surface area contributed by atoms with Crippen LogP contribution in [0.5, 0.6) is 5.75 Å². The molecule has 1 aromatic heterocycles. The molecule has 0 saturated carbocycles. The zero-order valence-electron chi connectivity index (χ0n) is 20.8. The van der Waals surface area contributed by atoms with Crippen molar-refractivity contribution < 1.29 is 9.53 Å². The molecular formula is C31H33N3O2. The smallest absolute Gasteiger partial charge is 0.262 e. The topological polar surface area (TPSA) is 54.5 Å². The van der Waals surface area contributed by atoms with Gasteiger partial charge in [0.2, 0.25) is 0 Å². The first kappa shape index (κ1) is 23.9. The van der Waals surface area contributed by atoms with Gasteiger partial charge in [0.1, 0.15) is 17.1 Å². The Kier molecular flexibility index (Phi) is 7.46. The van der Waals surface area contributed by atoms with Crippen molar-refractivity contribution in [3.63, 3.8) is 0 Å². The molecule has 1 fully saturated rings. The first-order valence-corrected chi connectivity index (χ1v) is 12.9. The van der Waals surface area contributed by atoms with Gasteiger partial charge in [-0.1, -0.05) is 61.5 Å². The third-order valence-electron chi connectivity index (χ3n) is 6.98. The second-order valence-electron chi connectivity index (χ2n) is 9.50. The fraction of sp³-hybridized carbons (Fsp3) is 0.290. The summed E-state index contributed by atoms with van der Waals surface area (Å²) in [7, 11) is 0. The van der Waals surface area contributed by atoms with E-state index in [0.29, 0.717) is 11.7 Å². The summed E-state index contributed by atoms with van der Waals surface area (Å²) >= 11 is 0. The van der Waals surface area contributed by atoms with Crippen LogP contribution in [0.3, 0.4) is 0 Å². The number of aromatic nitrogens is 1. The number of carbonyl (C=O) groups is 1. The maximum absolute atomic E-state index is 12.5. The number of pyridine rings is 1. The van der Waals surface area contributed by atoms with Crippen LogP contribution in [-0.4, -0.2) is 30.6 Å². The molecule has 2 heterocycles. The van der Waals surface area contributed by atoms with Crippen LogP contribution in [0.25, 0.3) is 10.9 Å². The predicted octanol–water partition coefficient (Wildman–Crippen LogP) is 6.27. The lowest BCUT2D eigenvalue weighted by molar-refractivity contribution is -0.118. The number of amides is 1. The van der Waals surface area contributed by atoms with Crippen molar-refractivity contribution in [2.75, 3.05) is 29.9 Å². The van der Waals surface area contributed by atoms with E-state index < -0.39 is 0 Å². The van der Waals surface area contributed by atoms with Crippen molar-refractivity contribution in [3.8, 4) is 5.75 Å². The summed E-state index contributed by atoms with van der Waals surface area (Å²) in [6.07, 6.45) is 4.43. The van der Waals surface area contributed by atoms with E-state index in [1.807, 2.05) is 42.5 Å². The maximum Gasteiger partial charge on any atom is 0.262 e. The van der Waals surface area contributed by atoms with Crippen LogP contribution in [0.15, 0.2) is 84.9 Å². The number of nitrogens with one attached hydrogen (secondary N) is 1. The number of carbonyl (C=O) groups excluding carboxylic acids is 1. The van der Waals surface area contributed by atoms with Crippen LogP contribution in [0.4, 0.5) is 11.5 Å². The number of aryl methyl sites for hydroxylation is 1. The fourth-order valence-corrected chi connectivity index (χ4v) is 4.88. The molecule has 0 bridgehead atoms. The average molecular weight is 480 g/mol. The van der Waals surface area contributed by atoms with Crippen LogP contribution < -0.4 is 15.0 Å². The number of benzene rings is 3. The minimum Gasteiger partial charge on any atom is -0.481 e. The van der Waals surface area contributed by atoms with Crippen molar-refractivity contribution in [2.45, 2.75) is 32.6 Å². The highest BCUT2D eigenvalue weighted by molar-refractivity contribution is 5.92. The number of ether oxygens (including phenoxy) is 1. The number of hydrogen-bond donors (Lipinski definition) is 1. The third-order valence-corrected chi connectivity index (χ3v) is 6.98. The molecule has 0 unspecified atom stereocenters. The van der Waals surface area contributed by atoms with E-state index in [1.54, 1.807) is 0 Å². The van der Waals surface area contributed by atoms with Crippen molar-refractivity contribution in [2.24, 2.45) is 5.92 Å². The molecule has 0 atom stereocenters. The normalized spacial score (nSPS) is 14.1. The molecule has 1 aliphatic rings. The van der Waals surface area contributed by atoms with Gasteiger partial charge in [0.05, 0.1) is 0 Å². The first-order valence-electron chi connectivity index (χ1n) is 12.9. The third kappa shape index (κ3) is 5.85. The number of rotatable bonds is 8. The van der Waals surface area contributed by atoms with Gasteiger partial charge in [-0.25, -0.2) is 4.98 Å². The number of fused-ring (bicyclic) bond motifs is 1. The van der Waals surface area contributed by atoms with Crippen molar-refractivity contribution in [1.29, 1.82) is 0 Å². The minimum absolute atomic E-state index is 0.0641. The second-order valence-corrected chi connectivity index (χ2v) is 9.50. The van der Waals surface area contributed by atoms with Crippen LogP contribution in [-0.2, 0) is 17.6 Å². The summed E-state index contributed by atoms with van der Waals surface area (Å²) < 4.78 is 5.93. The van der Waals surface area contributed by atoms with Gasteiger partial charge in [-0.05, 0) is 73.1 Å². The van der Waals surface area contributed by atoms with Crippen molar-refractivity contribution >= 4 is 28.3 Å². The highest BCUT2D eigenvalue weighted by atomic mass is 16.5. The molecule has 5 nitrogen and oxygen atoms in total. The lowest BCUT2D eigenvalue weighted by Crippen LogP contribution is -2.34. The highest BCUT2D eigenvalue weighted by Crippen LogP contribution is 2.29. The van der Waals surface area contributed by atoms with Crippen molar-refractivity contribution in [1.82, 2.24) is 4.98 Å². The van der Waals surface area contributed by atoms with Gasteiger partial charge in [0.15, 0.2) is 6.61 Å². The molecule has 5 heteroatoms. The van der Waals surface area contributed by atoms with E-state index in [2.05, 4.69) is 59.6 Å². The molecule has 184 valence electrons. The number of piperidine rings is 1. The van der Waals surface area contributed by atoms with Gasteiger partial charge in [0, 0.05) is 24.2 Å². The SMILES string of the molecule is CCc1ccc(NC(=O)COc2cccc3ccc(N4CCC(Cc5ccccc5)CC4)nc23)cc1. The average Bonchev–Trinajstić information content (AvgIpc) is 2.93. The fourth-order valence-electron chi connectivity index (χ4n) is 4.88. The number of anilines is 2. The van der Waals surface area contributed by atoms with Crippen LogP contribution in [0.2, 0.25) is 0 Å². The Balaban J connectivity index is 1.21. The molecule has 0 spiro atoms. The van der Waals surface area contributed by atoms with Crippen LogP contribution in [0.1, 0.15) is 30.9 Å². The second kappa shape index (κ2) is 11.3. The Morgan fingerprint density at radius 2 is 1.69 bits per heavy atom. The van der Waals surface area contributed by atoms with Gasteiger partial charge in [-0.15, -0.1) is 0 Å². The van der Waals surface area contributed by atoms with E-state index in [-0.39, 0.29) is 12.5 Å². The Labute approximate surface area is 213 Å². The van der Waals surface area contributed by atoms with Crippen LogP contribution in [0, 0.1) is 5.92 Å². The molecule has 3 aromatic carbocycles. The molecule has 36 heavy (non-hydrogen) atoms. The minimum atomic E-state index is -0.187. The Morgan fingerprint density at radius 3 is 2.44 bits per heavy atom. The van der Waals surface area contributed by atoms with Crippen molar-refractivity contribution in [3.05, 3.63) is 96.1 Å². The maximum atomic E-state index is 12.5. The monoisotopic (exact) mass is 479 g/mol. The molecule has 1 N–H and O–H groups in total. The molecule has 1 saturated heterocycles. The zero-order chi connectivity index (χ0) is 24.7. The lowest BCUT2D eigenvalue weighted by Gasteiger charge is -2.33. The van der Waals surface area contributed by atoms with Gasteiger partial charge >= 0.3 is 0 Å². The first-order chi connectivity index (χ1) is 17.7. The van der Waals surface area contributed by atoms with Crippen LogP contribution >= 0.6 is 0 Å². The number of nitrogens with zero attached hydrogens (tertiary/aromatic N) is 2. The summed E-state index contributed by atoms with van der Waals surface area (Å²) in [5.74, 6) is 2.12. The number of para-hydroxylation sites is 1. The van der Waals surface area contributed by atoms with E-state index in [0.717, 1.165) is 61.2 Å². The van der Waals surface area contributed by atoms with E-state index in [1.165, 1.54) is 11.1 Å². The summed E-state index contributed by atoms with van der Waals surface area (Å²) in [5.41, 5.74) is 4.22. The molecule has 0 radical (unpaired) electrons.